The minimum atomic E-state index is -1.30. The number of hydrogen-bond acceptors (Lipinski definition) is 4. The van der Waals surface area contributed by atoms with E-state index in [0.29, 0.717) is 13.0 Å². The zero-order valence-corrected chi connectivity index (χ0v) is 8.09. The molecule has 0 aromatic heterocycles. The standard InChI is InChI=1S/C8H14N2O5/c11-4-6(7(13)14)9-8(15)10-2-1-5(12)3-10/h5-6,11-12H,1-4H2,(H,9,15)(H,13,14)/t5?,6-/m1/s1. The Labute approximate surface area is 86.3 Å². The van der Waals surface area contributed by atoms with Crippen LogP contribution in [0.5, 0.6) is 0 Å². The zero-order chi connectivity index (χ0) is 11.4. The van der Waals surface area contributed by atoms with Gasteiger partial charge < -0.3 is 25.5 Å². The van der Waals surface area contributed by atoms with E-state index in [1.165, 1.54) is 4.90 Å². The first-order chi connectivity index (χ1) is 7.04. The van der Waals surface area contributed by atoms with Crippen LogP contribution in [0, 0.1) is 0 Å². The predicted molar refractivity (Wildman–Crippen MR) is 49.2 cm³/mol. The van der Waals surface area contributed by atoms with Crippen molar-refractivity contribution in [1.29, 1.82) is 0 Å². The van der Waals surface area contributed by atoms with Crippen LogP contribution < -0.4 is 5.32 Å². The molecule has 0 radical (unpaired) electrons. The van der Waals surface area contributed by atoms with E-state index in [-0.39, 0.29) is 6.54 Å². The molecule has 86 valence electrons. The van der Waals surface area contributed by atoms with Crippen molar-refractivity contribution in [2.75, 3.05) is 19.7 Å². The van der Waals surface area contributed by atoms with Crippen LogP contribution in [0.25, 0.3) is 0 Å². The fourth-order valence-electron chi connectivity index (χ4n) is 1.35. The van der Waals surface area contributed by atoms with E-state index in [0.717, 1.165) is 0 Å². The second-order valence-corrected chi connectivity index (χ2v) is 3.41. The molecule has 7 heteroatoms. The van der Waals surface area contributed by atoms with Crippen molar-refractivity contribution >= 4 is 12.0 Å². The smallest absolute Gasteiger partial charge is 0.328 e. The summed E-state index contributed by atoms with van der Waals surface area (Å²) in [6.07, 6.45) is -0.0576. The van der Waals surface area contributed by atoms with Gasteiger partial charge in [-0.25, -0.2) is 9.59 Å². The van der Waals surface area contributed by atoms with Gasteiger partial charge in [0.25, 0.3) is 0 Å². The fourth-order valence-corrected chi connectivity index (χ4v) is 1.35. The molecule has 2 atom stereocenters. The van der Waals surface area contributed by atoms with E-state index in [4.69, 9.17) is 15.3 Å². The minimum absolute atomic E-state index is 0.198. The molecule has 0 aromatic rings. The lowest BCUT2D eigenvalue weighted by Crippen LogP contribution is -2.49. The van der Waals surface area contributed by atoms with Crippen LogP contribution in [0.4, 0.5) is 4.79 Å². The highest BCUT2D eigenvalue weighted by Gasteiger charge is 2.27. The van der Waals surface area contributed by atoms with Crippen LogP contribution in [-0.4, -0.2) is 64.1 Å². The molecule has 0 saturated carbocycles. The Morgan fingerprint density at radius 2 is 2.20 bits per heavy atom. The Hall–Kier alpha value is -1.34. The Morgan fingerprint density at radius 3 is 2.60 bits per heavy atom. The molecule has 1 rings (SSSR count). The highest BCUT2D eigenvalue weighted by molar-refractivity contribution is 5.82. The number of aliphatic hydroxyl groups excluding tert-OH is 2. The normalized spacial score (nSPS) is 22.5. The summed E-state index contributed by atoms with van der Waals surface area (Å²) >= 11 is 0. The first kappa shape index (κ1) is 11.7. The molecule has 15 heavy (non-hydrogen) atoms. The van der Waals surface area contributed by atoms with Gasteiger partial charge in [-0.1, -0.05) is 0 Å². The summed E-state index contributed by atoms with van der Waals surface area (Å²) in [6, 6.07) is -1.87. The van der Waals surface area contributed by atoms with E-state index in [2.05, 4.69) is 5.32 Å². The van der Waals surface area contributed by atoms with Crippen molar-refractivity contribution in [1.82, 2.24) is 10.2 Å². The van der Waals surface area contributed by atoms with Crippen LogP contribution in [0.2, 0.25) is 0 Å². The molecule has 7 nitrogen and oxygen atoms in total. The summed E-state index contributed by atoms with van der Waals surface area (Å²) in [6.45, 7) is -0.0637. The lowest BCUT2D eigenvalue weighted by atomic mass is 10.3. The van der Waals surface area contributed by atoms with E-state index in [9.17, 15) is 9.59 Å². The maximum Gasteiger partial charge on any atom is 0.328 e. The second kappa shape index (κ2) is 4.94. The van der Waals surface area contributed by atoms with Crippen molar-refractivity contribution in [2.24, 2.45) is 0 Å². The summed E-state index contributed by atoms with van der Waals surface area (Å²) < 4.78 is 0. The van der Waals surface area contributed by atoms with E-state index >= 15 is 0 Å². The van der Waals surface area contributed by atoms with Gasteiger partial charge in [0.1, 0.15) is 0 Å². The number of nitrogens with zero attached hydrogens (tertiary/aromatic N) is 1. The number of nitrogens with one attached hydrogen (secondary N) is 1. The second-order valence-electron chi connectivity index (χ2n) is 3.41. The van der Waals surface area contributed by atoms with E-state index in [1.807, 2.05) is 0 Å². The van der Waals surface area contributed by atoms with E-state index in [1.54, 1.807) is 0 Å². The van der Waals surface area contributed by atoms with Crippen LogP contribution >= 0.6 is 0 Å². The Bertz CT molecular complexity index is 257. The number of rotatable bonds is 3. The topological polar surface area (TPSA) is 110 Å². The molecule has 1 fully saturated rings. The van der Waals surface area contributed by atoms with Gasteiger partial charge >= 0.3 is 12.0 Å². The SMILES string of the molecule is O=C(O)[C@@H](CO)NC(=O)N1CCC(O)C1. The first-order valence-corrected chi connectivity index (χ1v) is 4.61. The van der Waals surface area contributed by atoms with Crippen molar-refractivity contribution in [3.05, 3.63) is 0 Å². The van der Waals surface area contributed by atoms with E-state index < -0.39 is 30.8 Å². The average Bonchev–Trinajstić information content (AvgIpc) is 2.60. The van der Waals surface area contributed by atoms with Gasteiger partial charge in [0.15, 0.2) is 6.04 Å². The van der Waals surface area contributed by atoms with Crippen molar-refractivity contribution < 1.29 is 24.9 Å². The summed E-state index contributed by atoms with van der Waals surface area (Å²) in [5.41, 5.74) is 0. The number of hydrogen-bond donors (Lipinski definition) is 4. The fraction of sp³-hybridized carbons (Fsp3) is 0.750. The highest BCUT2D eigenvalue weighted by Crippen LogP contribution is 2.08. The minimum Gasteiger partial charge on any atom is -0.480 e. The third-order valence-electron chi connectivity index (χ3n) is 2.23. The molecular formula is C8H14N2O5. The van der Waals surface area contributed by atoms with Gasteiger partial charge in [-0.3, -0.25) is 0 Å². The van der Waals surface area contributed by atoms with Gasteiger partial charge in [0, 0.05) is 13.1 Å². The summed E-state index contributed by atoms with van der Waals surface area (Å²) in [4.78, 5) is 23.2. The average molecular weight is 218 g/mol. The summed E-state index contributed by atoms with van der Waals surface area (Å²) in [5, 5.41) is 28.6. The Kier molecular flexibility index (Phi) is 3.87. The van der Waals surface area contributed by atoms with Gasteiger partial charge in [-0.05, 0) is 6.42 Å². The number of aliphatic carboxylic acids is 1. The number of aliphatic hydroxyl groups is 2. The quantitative estimate of drug-likeness (QED) is 0.447. The molecule has 1 heterocycles. The summed E-state index contributed by atoms with van der Waals surface area (Å²) in [5.74, 6) is -1.29. The number of carbonyl (C=O) groups excluding carboxylic acids is 1. The largest absolute Gasteiger partial charge is 0.480 e. The van der Waals surface area contributed by atoms with Crippen molar-refractivity contribution in [2.45, 2.75) is 18.6 Å². The highest BCUT2D eigenvalue weighted by atomic mass is 16.4. The van der Waals surface area contributed by atoms with Gasteiger partial charge in [0.2, 0.25) is 0 Å². The maximum absolute atomic E-state index is 11.4. The van der Waals surface area contributed by atoms with Crippen LogP contribution in [0.3, 0.4) is 0 Å². The number of likely N-dealkylation sites (tertiary alicyclic amines) is 1. The molecule has 1 aliphatic rings. The first-order valence-electron chi connectivity index (χ1n) is 4.61. The molecule has 0 spiro atoms. The van der Waals surface area contributed by atoms with Gasteiger partial charge in [-0.15, -0.1) is 0 Å². The molecule has 4 N–H and O–H groups in total. The molecule has 1 saturated heterocycles. The number of urea groups is 1. The number of β-amino-alcohol motifs (C(OH)–C–C–N with tert-alkyl or cyclic N) is 1. The van der Waals surface area contributed by atoms with Crippen LogP contribution in [0.15, 0.2) is 0 Å². The number of amides is 2. The molecule has 2 amide bonds. The Morgan fingerprint density at radius 1 is 1.53 bits per heavy atom. The molecule has 0 bridgehead atoms. The maximum atomic E-state index is 11.4. The summed E-state index contributed by atoms with van der Waals surface area (Å²) in [7, 11) is 0. The van der Waals surface area contributed by atoms with Crippen molar-refractivity contribution in [3.63, 3.8) is 0 Å². The molecule has 0 aromatic carbocycles. The Balaban J connectivity index is 2.44. The lowest BCUT2D eigenvalue weighted by molar-refractivity contribution is -0.140. The van der Waals surface area contributed by atoms with Crippen molar-refractivity contribution in [3.8, 4) is 0 Å². The number of carbonyl (C=O) groups is 2. The van der Waals surface area contributed by atoms with Crippen LogP contribution in [-0.2, 0) is 4.79 Å². The molecule has 1 unspecified atom stereocenters. The lowest BCUT2D eigenvalue weighted by Gasteiger charge is -2.19. The zero-order valence-electron chi connectivity index (χ0n) is 8.09. The van der Waals surface area contributed by atoms with Crippen LogP contribution in [0.1, 0.15) is 6.42 Å². The number of carboxylic acid groups (broad SMARTS) is 1. The molecular weight excluding hydrogens is 204 g/mol. The number of carboxylic acids is 1. The van der Waals surface area contributed by atoms with Gasteiger partial charge in [0.05, 0.1) is 12.7 Å². The predicted octanol–water partition coefficient (Wildman–Crippen LogP) is -1.79. The third kappa shape index (κ3) is 3.07. The molecule has 1 aliphatic heterocycles. The molecule has 0 aliphatic carbocycles. The third-order valence-corrected chi connectivity index (χ3v) is 2.23. The monoisotopic (exact) mass is 218 g/mol. The van der Waals surface area contributed by atoms with Gasteiger partial charge in [-0.2, -0.15) is 0 Å².